The fraction of sp³-hybridized carbons (Fsp3) is 0.0833. The molecule has 0 atom stereocenters. The Labute approximate surface area is 104 Å². The van der Waals surface area contributed by atoms with Crippen molar-refractivity contribution in [1.29, 1.82) is 5.26 Å². The maximum absolute atomic E-state index is 11.6. The zero-order valence-electron chi connectivity index (χ0n) is 9.47. The van der Waals surface area contributed by atoms with Gasteiger partial charge in [0.15, 0.2) is 0 Å². The maximum Gasteiger partial charge on any atom is 0.319 e. The molecule has 0 radical (unpaired) electrons. The van der Waals surface area contributed by atoms with E-state index in [0.29, 0.717) is 23.6 Å². The maximum atomic E-state index is 11.6. The lowest BCUT2D eigenvalue weighted by Gasteiger charge is -2.06. The molecule has 2 aromatic rings. The molecule has 2 amide bonds. The molecule has 1 heterocycles. The van der Waals surface area contributed by atoms with Crippen LogP contribution in [0.5, 0.6) is 0 Å². The van der Waals surface area contributed by atoms with Crippen molar-refractivity contribution in [1.82, 2.24) is 15.3 Å². The van der Waals surface area contributed by atoms with E-state index in [1.54, 1.807) is 36.7 Å². The highest BCUT2D eigenvalue weighted by atomic mass is 16.2. The summed E-state index contributed by atoms with van der Waals surface area (Å²) < 4.78 is 0. The first-order chi connectivity index (χ1) is 8.78. The van der Waals surface area contributed by atoms with Crippen LogP contribution in [0.3, 0.4) is 0 Å². The van der Waals surface area contributed by atoms with Crippen molar-refractivity contribution in [3.63, 3.8) is 0 Å². The first-order valence-electron chi connectivity index (χ1n) is 5.31. The van der Waals surface area contributed by atoms with Crippen LogP contribution in [-0.4, -0.2) is 16.0 Å². The second kappa shape index (κ2) is 5.50. The van der Waals surface area contributed by atoms with Crippen molar-refractivity contribution < 1.29 is 4.79 Å². The molecule has 0 aliphatic rings. The van der Waals surface area contributed by atoms with Crippen molar-refractivity contribution in [2.45, 2.75) is 6.54 Å². The van der Waals surface area contributed by atoms with Gasteiger partial charge < -0.3 is 15.6 Å². The molecule has 90 valence electrons. The SMILES string of the molecule is N#Cc1cccc(NC(=O)NCc2ncc[nH]2)c1. The van der Waals surface area contributed by atoms with Gasteiger partial charge in [0.25, 0.3) is 0 Å². The number of nitriles is 1. The quantitative estimate of drug-likeness (QED) is 0.761. The van der Waals surface area contributed by atoms with Gasteiger partial charge in [-0.2, -0.15) is 5.26 Å². The number of nitrogens with one attached hydrogen (secondary N) is 3. The molecule has 6 heteroatoms. The largest absolute Gasteiger partial charge is 0.347 e. The van der Waals surface area contributed by atoms with E-state index in [1.807, 2.05) is 6.07 Å². The molecule has 0 bridgehead atoms. The van der Waals surface area contributed by atoms with Crippen LogP contribution in [0.1, 0.15) is 11.4 Å². The van der Waals surface area contributed by atoms with Crippen LogP contribution in [0.4, 0.5) is 10.5 Å². The van der Waals surface area contributed by atoms with Gasteiger partial charge in [-0.3, -0.25) is 0 Å². The van der Waals surface area contributed by atoms with E-state index in [4.69, 9.17) is 5.26 Å². The summed E-state index contributed by atoms with van der Waals surface area (Å²) in [6, 6.07) is 8.36. The predicted octanol–water partition coefficient (Wildman–Crippen LogP) is 1.60. The Bertz CT molecular complexity index is 570. The highest BCUT2D eigenvalue weighted by molar-refractivity contribution is 5.89. The minimum Gasteiger partial charge on any atom is -0.347 e. The van der Waals surface area contributed by atoms with Gasteiger partial charge >= 0.3 is 6.03 Å². The summed E-state index contributed by atoms with van der Waals surface area (Å²) in [5, 5.41) is 14.0. The molecule has 18 heavy (non-hydrogen) atoms. The normalized spacial score (nSPS) is 9.50. The number of amides is 2. The fourth-order valence-corrected chi connectivity index (χ4v) is 1.40. The molecule has 0 saturated heterocycles. The number of aromatic amines is 1. The minimum atomic E-state index is -0.346. The number of benzene rings is 1. The molecule has 0 aliphatic heterocycles. The first kappa shape index (κ1) is 11.7. The Kier molecular flexibility index (Phi) is 3.56. The molecule has 0 unspecified atom stereocenters. The van der Waals surface area contributed by atoms with Gasteiger partial charge in [-0.1, -0.05) is 6.07 Å². The molecule has 0 spiro atoms. The van der Waals surface area contributed by atoms with Crippen molar-refractivity contribution >= 4 is 11.7 Å². The molecule has 1 aromatic heterocycles. The predicted molar refractivity (Wildman–Crippen MR) is 65.6 cm³/mol. The number of hydrogen-bond donors (Lipinski definition) is 3. The van der Waals surface area contributed by atoms with E-state index < -0.39 is 0 Å². The molecule has 2 rings (SSSR count). The Morgan fingerprint density at radius 2 is 2.39 bits per heavy atom. The number of rotatable bonds is 3. The lowest BCUT2D eigenvalue weighted by molar-refractivity contribution is 0.251. The molecule has 0 aliphatic carbocycles. The topological polar surface area (TPSA) is 93.6 Å². The molecular weight excluding hydrogens is 230 g/mol. The van der Waals surface area contributed by atoms with E-state index in [0.717, 1.165) is 0 Å². The second-order valence-electron chi connectivity index (χ2n) is 3.54. The monoisotopic (exact) mass is 241 g/mol. The summed E-state index contributed by atoms with van der Waals surface area (Å²) in [6.45, 7) is 0.316. The summed E-state index contributed by atoms with van der Waals surface area (Å²) in [5.41, 5.74) is 1.07. The molecule has 3 N–H and O–H groups in total. The Morgan fingerprint density at radius 3 is 3.11 bits per heavy atom. The smallest absolute Gasteiger partial charge is 0.319 e. The highest BCUT2D eigenvalue weighted by Crippen LogP contribution is 2.09. The molecule has 0 fully saturated rings. The number of imidazole rings is 1. The van der Waals surface area contributed by atoms with Gasteiger partial charge in [0.05, 0.1) is 18.2 Å². The average Bonchev–Trinajstić information content (AvgIpc) is 2.90. The van der Waals surface area contributed by atoms with Crippen LogP contribution < -0.4 is 10.6 Å². The standard InChI is InChI=1S/C12H11N5O/c13-7-9-2-1-3-10(6-9)17-12(18)16-8-11-14-4-5-15-11/h1-6H,8H2,(H,14,15)(H2,16,17,18). The summed E-state index contributed by atoms with van der Waals surface area (Å²) in [7, 11) is 0. The van der Waals surface area contributed by atoms with Crippen LogP contribution in [0, 0.1) is 11.3 Å². The Hall–Kier alpha value is -2.81. The lowest BCUT2D eigenvalue weighted by atomic mass is 10.2. The summed E-state index contributed by atoms with van der Waals surface area (Å²) in [5.74, 6) is 0.677. The van der Waals surface area contributed by atoms with Gasteiger partial charge in [0.1, 0.15) is 5.82 Å². The number of carbonyl (C=O) groups is 1. The number of carbonyl (C=O) groups excluding carboxylic acids is 1. The number of H-pyrrole nitrogens is 1. The van der Waals surface area contributed by atoms with Gasteiger partial charge in [0.2, 0.25) is 0 Å². The molecular formula is C12H11N5O. The summed E-state index contributed by atoms with van der Waals surface area (Å²) in [4.78, 5) is 18.4. The number of aromatic nitrogens is 2. The van der Waals surface area contributed by atoms with Crippen LogP contribution >= 0.6 is 0 Å². The number of nitrogens with zero attached hydrogens (tertiary/aromatic N) is 2. The van der Waals surface area contributed by atoms with Crippen LogP contribution in [0.25, 0.3) is 0 Å². The fourth-order valence-electron chi connectivity index (χ4n) is 1.40. The number of hydrogen-bond acceptors (Lipinski definition) is 3. The van der Waals surface area contributed by atoms with Crippen LogP contribution in [0.2, 0.25) is 0 Å². The molecule has 6 nitrogen and oxygen atoms in total. The van der Waals surface area contributed by atoms with E-state index in [1.165, 1.54) is 0 Å². The van der Waals surface area contributed by atoms with Crippen LogP contribution in [-0.2, 0) is 6.54 Å². The van der Waals surface area contributed by atoms with Crippen molar-refractivity contribution in [3.8, 4) is 6.07 Å². The zero-order chi connectivity index (χ0) is 12.8. The van der Waals surface area contributed by atoms with E-state index >= 15 is 0 Å². The third-order valence-corrected chi connectivity index (χ3v) is 2.22. The van der Waals surface area contributed by atoms with Gasteiger partial charge in [-0.05, 0) is 18.2 Å². The van der Waals surface area contributed by atoms with E-state index in [2.05, 4.69) is 20.6 Å². The highest BCUT2D eigenvalue weighted by Gasteiger charge is 2.03. The number of anilines is 1. The third-order valence-electron chi connectivity index (χ3n) is 2.22. The third kappa shape index (κ3) is 3.09. The van der Waals surface area contributed by atoms with Crippen LogP contribution in [0.15, 0.2) is 36.7 Å². The molecule has 0 saturated carbocycles. The van der Waals surface area contributed by atoms with E-state index in [-0.39, 0.29) is 6.03 Å². The van der Waals surface area contributed by atoms with Gasteiger partial charge in [-0.25, -0.2) is 9.78 Å². The van der Waals surface area contributed by atoms with Gasteiger partial charge in [0, 0.05) is 18.1 Å². The molecule has 1 aromatic carbocycles. The number of urea groups is 1. The summed E-state index contributed by atoms with van der Waals surface area (Å²) >= 11 is 0. The lowest BCUT2D eigenvalue weighted by Crippen LogP contribution is -2.28. The second-order valence-corrected chi connectivity index (χ2v) is 3.54. The van der Waals surface area contributed by atoms with Crippen molar-refractivity contribution in [2.75, 3.05) is 5.32 Å². The Balaban J connectivity index is 1.89. The average molecular weight is 241 g/mol. The van der Waals surface area contributed by atoms with Crippen molar-refractivity contribution in [3.05, 3.63) is 48.0 Å². The van der Waals surface area contributed by atoms with Gasteiger partial charge in [-0.15, -0.1) is 0 Å². The van der Waals surface area contributed by atoms with Crippen molar-refractivity contribution in [2.24, 2.45) is 0 Å². The minimum absolute atomic E-state index is 0.316. The zero-order valence-corrected chi connectivity index (χ0v) is 9.47. The Morgan fingerprint density at radius 1 is 1.50 bits per heavy atom. The summed E-state index contributed by atoms with van der Waals surface area (Å²) in [6.07, 6.45) is 3.30. The first-order valence-corrected chi connectivity index (χ1v) is 5.31. The van der Waals surface area contributed by atoms with E-state index in [9.17, 15) is 4.79 Å².